The van der Waals surface area contributed by atoms with Crippen molar-refractivity contribution in [3.05, 3.63) is 0 Å². The van der Waals surface area contributed by atoms with Crippen molar-refractivity contribution in [3.8, 4) is 0 Å². The van der Waals surface area contributed by atoms with Crippen molar-refractivity contribution in [2.45, 2.75) is 26.3 Å². The summed E-state index contributed by atoms with van der Waals surface area (Å²) in [5.74, 6) is -0.535. The van der Waals surface area contributed by atoms with Crippen LogP contribution in [0, 0.1) is 5.92 Å². The molecule has 3 N–H and O–H groups in total. The zero-order chi connectivity index (χ0) is 12.1. The highest BCUT2D eigenvalue weighted by molar-refractivity contribution is 7.71. The molecule has 0 aromatic rings. The maximum Gasteiger partial charge on any atom is 0.349 e. The van der Waals surface area contributed by atoms with Crippen LogP contribution in [-0.2, 0) is 19.9 Å². The van der Waals surface area contributed by atoms with Gasteiger partial charge in [-0.05, 0) is 12.8 Å². The number of carbonyl (C=O) groups is 1. The van der Waals surface area contributed by atoms with E-state index < -0.39 is 21.8 Å². The maximum absolute atomic E-state index is 11.3. The van der Waals surface area contributed by atoms with Crippen LogP contribution in [0.15, 0.2) is 0 Å². The number of hydrogen-bond acceptors (Lipinski definition) is 6. The van der Waals surface area contributed by atoms with E-state index in [4.69, 9.17) is 5.73 Å². The second-order valence-corrected chi connectivity index (χ2v) is 4.55. The molecule has 0 aromatic heterocycles. The van der Waals surface area contributed by atoms with E-state index in [1.165, 1.54) is 6.92 Å². The minimum absolute atomic E-state index is 0.305. The Kier molecular flexibility index (Phi) is 5.48. The molecule has 6 nitrogen and oxygen atoms in total. The van der Waals surface area contributed by atoms with Crippen LogP contribution in [-0.4, -0.2) is 31.8 Å². The SMILES string of the molecule is CC(C)CNOC(=O)C(C)(N)C=S(=O)=O. The predicted molar refractivity (Wildman–Crippen MR) is 56.5 cm³/mol. The zero-order valence-electron chi connectivity index (χ0n) is 8.98. The summed E-state index contributed by atoms with van der Waals surface area (Å²) in [4.78, 5) is 15.9. The van der Waals surface area contributed by atoms with Crippen molar-refractivity contribution < 1.29 is 18.0 Å². The Morgan fingerprint density at radius 1 is 1.60 bits per heavy atom. The fourth-order valence-electron chi connectivity index (χ4n) is 0.632. The standard InChI is InChI=1S/C8H16N2O4S/c1-6(2)4-10-14-7(11)8(3,9)5-15(12)13/h5-6,10H,4,9H2,1-3H3. The third-order valence-electron chi connectivity index (χ3n) is 1.44. The molecule has 0 saturated carbocycles. The van der Waals surface area contributed by atoms with Gasteiger partial charge in [-0.3, -0.25) is 0 Å². The summed E-state index contributed by atoms with van der Waals surface area (Å²) in [5, 5.41) is 0.687. The molecule has 0 aliphatic heterocycles. The van der Waals surface area contributed by atoms with E-state index in [2.05, 4.69) is 10.3 Å². The first kappa shape index (κ1) is 14.1. The molecule has 0 aliphatic rings. The highest BCUT2D eigenvalue weighted by atomic mass is 32.2. The van der Waals surface area contributed by atoms with E-state index >= 15 is 0 Å². The van der Waals surface area contributed by atoms with Crippen LogP contribution in [0.2, 0.25) is 0 Å². The summed E-state index contributed by atoms with van der Waals surface area (Å²) in [6.07, 6.45) is 0. The second-order valence-electron chi connectivity index (χ2n) is 3.79. The smallest absolute Gasteiger partial charge is 0.349 e. The van der Waals surface area contributed by atoms with E-state index in [0.29, 0.717) is 17.8 Å². The van der Waals surface area contributed by atoms with Gasteiger partial charge >= 0.3 is 5.97 Å². The Morgan fingerprint density at radius 3 is 2.53 bits per heavy atom. The summed E-state index contributed by atoms with van der Waals surface area (Å²) in [6, 6.07) is 0. The highest BCUT2D eigenvalue weighted by Gasteiger charge is 2.29. The molecule has 0 saturated heterocycles. The maximum atomic E-state index is 11.3. The summed E-state index contributed by atoms with van der Waals surface area (Å²) in [5.41, 5.74) is 6.19. The Bertz CT molecular complexity index is 338. The number of hydrogen-bond donors (Lipinski definition) is 2. The topological polar surface area (TPSA) is 98.5 Å². The summed E-state index contributed by atoms with van der Waals surface area (Å²) >= 11 is 0. The van der Waals surface area contributed by atoms with Crippen molar-refractivity contribution in [2.75, 3.05) is 6.54 Å². The number of nitrogens with two attached hydrogens (primary N) is 1. The fourth-order valence-corrected chi connectivity index (χ4v) is 1.13. The molecule has 0 bridgehead atoms. The van der Waals surface area contributed by atoms with Gasteiger partial charge in [-0.15, -0.1) is 0 Å². The Balaban J connectivity index is 4.27. The lowest BCUT2D eigenvalue weighted by atomic mass is 10.1. The lowest BCUT2D eigenvalue weighted by molar-refractivity contribution is -0.154. The number of carbonyl (C=O) groups excluding carboxylic acids is 1. The Morgan fingerprint density at radius 2 is 2.13 bits per heavy atom. The highest BCUT2D eigenvalue weighted by Crippen LogP contribution is 1.97. The summed E-state index contributed by atoms with van der Waals surface area (Å²) in [6.45, 7) is 5.59. The largest absolute Gasteiger partial charge is 0.369 e. The van der Waals surface area contributed by atoms with Crippen LogP contribution >= 0.6 is 0 Å². The molecule has 0 rings (SSSR count). The third-order valence-corrected chi connectivity index (χ3v) is 2.12. The van der Waals surface area contributed by atoms with Gasteiger partial charge < -0.3 is 10.6 Å². The van der Waals surface area contributed by atoms with Gasteiger partial charge in [0.2, 0.25) is 10.3 Å². The molecule has 0 aromatic carbocycles. The average Bonchev–Trinajstić information content (AvgIpc) is 2.00. The van der Waals surface area contributed by atoms with Crippen LogP contribution in [0.3, 0.4) is 0 Å². The molecule has 0 aliphatic carbocycles. The van der Waals surface area contributed by atoms with Gasteiger partial charge in [-0.2, -0.15) is 13.9 Å². The van der Waals surface area contributed by atoms with Crippen LogP contribution in [0.4, 0.5) is 0 Å². The van der Waals surface area contributed by atoms with E-state index in [1.807, 2.05) is 13.8 Å². The molecule has 0 fully saturated rings. The van der Waals surface area contributed by atoms with Gasteiger partial charge in [0.25, 0.3) is 0 Å². The Hall–Kier alpha value is -0.920. The second kappa shape index (κ2) is 5.84. The van der Waals surface area contributed by atoms with Gasteiger partial charge in [0.1, 0.15) is 5.54 Å². The third kappa shape index (κ3) is 6.21. The van der Waals surface area contributed by atoms with Gasteiger partial charge in [-0.1, -0.05) is 13.8 Å². The van der Waals surface area contributed by atoms with Gasteiger partial charge in [0.05, 0.1) is 5.37 Å². The molecule has 0 amide bonds. The van der Waals surface area contributed by atoms with E-state index in [-0.39, 0.29) is 0 Å². The molecule has 0 heterocycles. The molecule has 7 heteroatoms. The molecule has 0 radical (unpaired) electrons. The molecule has 88 valence electrons. The number of hydroxylamine groups is 1. The zero-order valence-corrected chi connectivity index (χ0v) is 9.80. The number of nitrogens with one attached hydrogen (secondary N) is 1. The van der Waals surface area contributed by atoms with Crippen molar-refractivity contribution in [1.29, 1.82) is 0 Å². The van der Waals surface area contributed by atoms with E-state index in [0.717, 1.165) is 0 Å². The molecule has 1 unspecified atom stereocenters. The van der Waals surface area contributed by atoms with E-state index in [9.17, 15) is 13.2 Å². The first-order chi connectivity index (χ1) is 6.75. The van der Waals surface area contributed by atoms with Crippen LogP contribution in [0.25, 0.3) is 0 Å². The minimum atomic E-state index is -2.50. The van der Waals surface area contributed by atoms with Crippen molar-refractivity contribution >= 4 is 21.6 Å². The summed E-state index contributed by atoms with van der Waals surface area (Å²) < 4.78 is 20.7. The lowest BCUT2D eigenvalue weighted by Crippen LogP contribution is -2.49. The van der Waals surface area contributed by atoms with Gasteiger partial charge in [0, 0.05) is 6.54 Å². The quantitative estimate of drug-likeness (QED) is 0.473. The number of rotatable bonds is 5. The lowest BCUT2D eigenvalue weighted by Gasteiger charge is -2.16. The fraction of sp³-hybridized carbons (Fsp3) is 0.750. The van der Waals surface area contributed by atoms with Crippen LogP contribution in [0.5, 0.6) is 0 Å². The first-order valence-corrected chi connectivity index (χ1v) is 5.56. The average molecular weight is 236 g/mol. The van der Waals surface area contributed by atoms with Crippen molar-refractivity contribution in [3.63, 3.8) is 0 Å². The van der Waals surface area contributed by atoms with Gasteiger partial charge in [0.15, 0.2) is 0 Å². The molecular weight excluding hydrogens is 220 g/mol. The Labute approximate surface area is 90.3 Å². The predicted octanol–water partition coefficient (Wildman–Crippen LogP) is -0.911. The minimum Gasteiger partial charge on any atom is -0.369 e. The van der Waals surface area contributed by atoms with Crippen molar-refractivity contribution in [2.24, 2.45) is 11.7 Å². The molecular formula is C8H16N2O4S. The first-order valence-electron chi connectivity index (χ1n) is 4.43. The molecule has 15 heavy (non-hydrogen) atoms. The van der Waals surface area contributed by atoms with Crippen LogP contribution < -0.4 is 11.2 Å². The normalized spacial score (nSPS) is 14.5. The molecule has 1 atom stereocenters. The van der Waals surface area contributed by atoms with E-state index in [1.54, 1.807) is 0 Å². The van der Waals surface area contributed by atoms with Crippen molar-refractivity contribution in [1.82, 2.24) is 5.48 Å². The van der Waals surface area contributed by atoms with Gasteiger partial charge in [-0.25, -0.2) is 4.79 Å². The van der Waals surface area contributed by atoms with Crippen LogP contribution in [0.1, 0.15) is 20.8 Å². The summed E-state index contributed by atoms with van der Waals surface area (Å²) in [7, 11) is -2.50. The monoisotopic (exact) mass is 236 g/mol. The molecule has 0 spiro atoms.